The van der Waals surface area contributed by atoms with E-state index >= 15 is 0 Å². The van der Waals surface area contributed by atoms with E-state index in [0.717, 1.165) is 83.4 Å². The zero-order valence-electron chi connectivity index (χ0n) is 84.6. The van der Waals surface area contributed by atoms with Gasteiger partial charge in [0, 0.05) is 92.9 Å². The molecule has 0 fully saturated rings. The smallest absolute Gasteiger partial charge is 0.101 e. The quantitative estimate of drug-likeness (QED) is 0.152. The molecule has 0 aliphatic rings. The van der Waals surface area contributed by atoms with Crippen LogP contribution in [0.25, 0.3) is 187 Å². The van der Waals surface area contributed by atoms with Gasteiger partial charge in [-0.3, -0.25) is 0 Å². The van der Waals surface area contributed by atoms with Crippen molar-refractivity contribution in [2.75, 3.05) is 0 Å². The normalized spacial score (nSPS) is 12.9. The van der Waals surface area contributed by atoms with Crippen LogP contribution in [0.3, 0.4) is 0 Å². The predicted molar refractivity (Wildman–Crippen MR) is 589 cm³/mol. The summed E-state index contributed by atoms with van der Waals surface area (Å²) >= 11 is 0. The summed E-state index contributed by atoms with van der Waals surface area (Å²) in [5.41, 5.74) is 35.8. The molecule has 22 rings (SSSR count). The van der Waals surface area contributed by atoms with E-state index in [0.29, 0.717) is 11.1 Å². The topological polar surface area (TPSA) is 77.2 Å². The third kappa shape index (κ3) is 14.9. The van der Waals surface area contributed by atoms with Gasteiger partial charge in [-0.15, -0.1) is 0 Å². The zero-order chi connectivity index (χ0) is 97.1. The lowest BCUT2D eigenvalue weighted by Gasteiger charge is -2.27. The molecule has 22 aromatic rings. The molecule has 0 aliphatic carbocycles. The minimum atomic E-state index is -0.105. The van der Waals surface area contributed by atoms with E-state index in [9.17, 15) is 10.5 Å². The summed E-state index contributed by atoms with van der Waals surface area (Å²) in [6, 6.07) is 122. The second kappa shape index (κ2) is 32.0. The van der Waals surface area contributed by atoms with Crippen molar-refractivity contribution in [3.05, 3.63) is 371 Å². The van der Waals surface area contributed by atoms with Gasteiger partial charge in [-0.2, -0.15) is 10.5 Å². The van der Waals surface area contributed by atoms with Gasteiger partial charge in [-0.25, -0.2) is 0 Å². The van der Waals surface area contributed by atoms with E-state index in [2.05, 4.69) is 503 Å². The van der Waals surface area contributed by atoms with E-state index in [4.69, 9.17) is 0 Å². The second-order valence-corrected chi connectivity index (χ2v) is 47.0. The first-order valence-corrected chi connectivity index (χ1v) is 49.1. The Balaban J connectivity index is 0.000000164. The van der Waals surface area contributed by atoms with Crippen molar-refractivity contribution in [3.63, 3.8) is 0 Å². The van der Waals surface area contributed by atoms with Gasteiger partial charge < -0.3 is 27.4 Å². The van der Waals surface area contributed by atoms with Crippen LogP contribution in [0.2, 0.25) is 0 Å². The number of rotatable bonds is 8. The molecule has 0 aliphatic heterocycles. The summed E-state index contributed by atoms with van der Waals surface area (Å²) in [7, 11) is 0. The second-order valence-electron chi connectivity index (χ2n) is 47.0. The monoisotopic (exact) mass is 1800 g/mol. The fraction of sp³-hybridized carbons (Fsp3) is 0.246. The molecule has 6 heterocycles. The van der Waals surface area contributed by atoms with E-state index in [-0.39, 0.29) is 43.3 Å². The van der Waals surface area contributed by atoms with Crippen LogP contribution in [0.5, 0.6) is 0 Å². The summed E-state index contributed by atoms with van der Waals surface area (Å²) in [6.07, 6.45) is 0. The zero-order valence-corrected chi connectivity index (χ0v) is 84.6. The highest BCUT2D eigenvalue weighted by molar-refractivity contribution is 6.34. The van der Waals surface area contributed by atoms with Crippen LogP contribution in [0.15, 0.2) is 315 Å². The number of fused-ring (bicyclic) bond motifs is 22. The molecule has 0 saturated carbocycles. The minimum absolute atomic E-state index is 0.0420. The molecule has 8 heteroatoms. The summed E-state index contributed by atoms with van der Waals surface area (Å²) < 4.78 is 15.0. The summed E-state index contributed by atoms with van der Waals surface area (Å²) in [6.45, 7) is 55.8. The first-order valence-electron chi connectivity index (χ1n) is 49.1. The molecule has 0 spiro atoms. The largest absolute Gasteiger partial charge is 0.309 e. The average molecular weight is 1800 g/mol. The standard InChI is InChI=1S/2C65H62N4/c1-62(2,3)42-33-43(63(4,5)6)36-46(35-42)67-53-24-18-16-22-51(53)58-55(67)30-28-49-50-29-31-56-59(61(50)68(60(49)58)47-37-44(64(7,8)9)34-45(38-47)65(10,11)12)52-23-17-19-25-54(52)69(56)57-32-40(39-66)26-27-48(57)41-20-14-13-15-21-41;1-62(2,3)43-33-44(63(4,5)6)36-47(35-43)67-53-24-18-16-22-51(53)58-55(67)30-28-49-50-29-31-56-59(61(50)68(60(49)58)48-37-45(64(7,8)9)34-46(38-48)65(10,11)12)52-23-17-19-25-54(52)69(56)57-32-41(26-27-42(57)39-66)40-20-14-13-15-21-40/h2*13-38H,1-12H3. The number of nitrogens with zero attached hydrogens (tertiary/aromatic N) is 8. The maximum atomic E-state index is 10.8. The maximum Gasteiger partial charge on any atom is 0.101 e. The number of para-hydroxylation sites is 4. The highest BCUT2D eigenvalue weighted by Gasteiger charge is 2.34. The fourth-order valence-corrected chi connectivity index (χ4v) is 21.5. The van der Waals surface area contributed by atoms with Gasteiger partial charge in [-0.1, -0.05) is 360 Å². The van der Waals surface area contributed by atoms with Crippen molar-refractivity contribution >= 4 is 131 Å². The lowest BCUT2D eigenvalue weighted by Crippen LogP contribution is -2.17. The Hall–Kier alpha value is -14.7. The van der Waals surface area contributed by atoms with Crippen LogP contribution in [0, 0.1) is 22.7 Å². The van der Waals surface area contributed by atoms with Crippen LogP contribution in [0.1, 0.15) is 222 Å². The van der Waals surface area contributed by atoms with Crippen molar-refractivity contribution in [3.8, 4) is 68.5 Å². The van der Waals surface area contributed by atoms with Gasteiger partial charge in [-0.05, 0) is 226 Å². The SMILES string of the molecule is CC(C)(C)c1cc(-n2c3ccccc3c3c2ccc2c4ccc5c(c6ccccc6n5-c5cc(-c6ccccc6)ccc5C#N)c4n(-c4cc(C(C)(C)C)cc(C(C)(C)C)c4)c23)cc(C(C)(C)C)c1.CC(C)(C)c1cc(-n2c3ccccc3c3c2ccc2c4ccc5c(c6ccccc6n5-c5cc(C#N)ccc5-c5ccccc5)c4n(-c4cc(C(C)(C)C)cc(C(C)(C)C)c4)c23)cc(C(C)(C)C)c1. The van der Waals surface area contributed by atoms with Gasteiger partial charge in [0.1, 0.15) is 6.07 Å². The molecule has 0 unspecified atom stereocenters. The van der Waals surface area contributed by atoms with E-state index in [1.165, 1.54) is 148 Å². The molecule has 0 amide bonds. The number of aromatic nitrogens is 6. The first-order chi connectivity index (χ1) is 65.4. The third-order valence-electron chi connectivity index (χ3n) is 29.3. The number of hydrogen-bond donors (Lipinski definition) is 0. The van der Waals surface area contributed by atoms with Gasteiger partial charge >= 0.3 is 0 Å². The number of hydrogen-bond acceptors (Lipinski definition) is 2. The molecule has 0 radical (unpaired) electrons. The molecular weight excluding hydrogens is 1670 g/mol. The molecule has 138 heavy (non-hydrogen) atoms. The number of nitriles is 2. The highest BCUT2D eigenvalue weighted by Crippen LogP contribution is 2.53. The maximum absolute atomic E-state index is 10.8. The lowest BCUT2D eigenvalue weighted by molar-refractivity contribution is 0.567. The average Bonchev–Trinajstić information content (AvgIpc) is 1.52. The molecular formula is C130H124N8. The molecule has 684 valence electrons. The van der Waals surface area contributed by atoms with E-state index < -0.39 is 0 Å². The van der Waals surface area contributed by atoms with E-state index in [1.54, 1.807) is 0 Å². The van der Waals surface area contributed by atoms with Crippen LogP contribution in [0.4, 0.5) is 0 Å². The van der Waals surface area contributed by atoms with Crippen LogP contribution in [-0.4, -0.2) is 27.4 Å². The molecule has 0 N–H and O–H groups in total. The van der Waals surface area contributed by atoms with Crippen molar-refractivity contribution in [1.29, 1.82) is 10.5 Å². The Morgan fingerprint density at radius 3 is 0.754 bits per heavy atom. The van der Waals surface area contributed by atoms with Gasteiger partial charge in [0.15, 0.2) is 0 Å². The molecule has 6 aromatic heterocycles. The van der Waals surface area contributed by atoms with Crippen molar-refractivity contribution in [1.82, 2.24) is 27.4 Å². The van der Waals surface area contributed by atoms with E-state index in [1.807, 2.05) is 18.2 Å². The Labute approximate surface area is 812 Å². The fourth-order valence-electron chi connectivity index (χ4n) is 21.5. The van der Waals surface area contributed by atoms with Crippen molar-refractivity contribution in [2.24, 2.45) is 0 Å². The molecule has 0 saturated heterocycles. The Kier molecular flexibility index (Phi) is 20.8. The summed E-state index contributed by atoms with van der Waals surface area (Å²) in [4.78, 5) is 0. The highest BCUT2D eigenvalue weighted by atomic mass is 15.1. The molecule has 0 bridgehead atoms. The number of benzene rings is 16. The summed E-state index contributed by atoms with van der Waals surface area (Å²) in [5, 5.41) is 35.5. The predicted octanol–water partition coefficient (Wildman–Crippen LogP) is 35.4. The Morgan fingerprint density at radius 1 is 0.188 bits per heavy atom. The molecule has 8 nitrogen and oxygen atoms in total. The summed E-state index contributed by atoms with van der Waals surface area (Å²) in [5.74, 6) is 0. The van der Waals surface area contributed by atoms with Crippen LogP contribution < -0.4 is 0 Å². The van der Waals surface area contributed by atoms with Crippen LogP contribution in [-0.2, 0) is 43.3 Å². The third-order valence-corrected chi connectivity index (χ3v) is 29.3. The Morgan fingerprint density at radius 2 is 0.457 bits per heavy atom. The van der Waals surface area contributed by atoms with Crippen molar-refractivity contribution in [2.45, 2.75) is 209 Å². The minimum Gasteiger partial charge on any atom is -0.309 e. The van der Waals surface area contributed by atoms with Crippen LogP contribution >= 0.6 is 0 Å². The first kappa shape index (κ1) is 89.8. The van der Waals surface area contributed by atoms with Crippen molar-refractivity contribution < 1.29 is 0 Å². The lowest BCUT2D eigenvalue weighted by atomic mass is 9.80. The molecule has 16 aromatic carbocycles. The van der Waals surface area contributed by atoms with Gasteiger partial charge in [0.2, 0.25) is 0 Å². The Bertz CT molecular complexity index is 8760. The van der Waals surface area contributed by atoms with Gasteiger partial charge in [0.25, 0.3) is 0 Å². The molecule has 0 atom stereocenters. The van der Waals surface area contributed by atoms with Gasteiger partial charge in [0.05, 0.1) is 94.8 Å².